The van der Waals surface area contributed by atoms with E-state index in [9.17, 15) is 13.2 Å². The molecule has 6 nitrogen and oxygen atoms in total. The van der Waals surface area contributed by atoms with Crippen molar-refractivity contribution in [2.45, 2.75) is 45.2 Å². The van der Waals surface area contributed by atoms with Crippen molar-refractivity contribution in [1.29, 1.82) is 0 Å². The summed E-state index contributed by atoms with van der Waals surface area (Å²) >= 11 is 1.52. The van der Waals surface area contributed by atoms with Crippen molar-refractivity contribution in [3.05, 3.63) is 29.8 Å². The highest BCUT2D eigenvalue weighted by Gasteiger charge is 2.36. The van der Waals surface area contributed by atoms with E-state index in [1.165, 1.54) is 16.1 Å². The Morgan fingerprint density at radius 2 is 2.00 bits per heavy atom. The van der Waals surface area contributed by atoms with Gasteiger partial charge in [-0.2, -0.15) is 16.1 Å². The molecule has 0 saturated carbocycles. The molecule has 2 rings (SSSR count). The van der Waals surface area contributed by atoms with Crippen molar-refractivity contribution in [2.75, 3.05) is 30.9 Å². The maximum atomic E-state index is 12.8. The van der Waals surface area contributed by atoms with Crippen LogP contribution in [0.3, 0.4) is 0 Å². The summed E-state index contributed by atoms with van der Waals surface area (Å²) < 4.78 is 32.1. The van der Waals surface area contributed by atoms with Gasteiger partial charge < -0.3 is 10.1 Å². The van der Waals surface area contributed by atoms with Crippen molar-refractivity contribution in [3.63, 3.8) is 0 Å². The largest absolute Gasteiger partial charge is 0.497 e. The average Bonchev–Trinajstić information content (AvgIpc) is 2.80. The predicted molar refractivity (Wildman–Crippen MR) is 111 cm³/mol. The lowest BCUT2D eigenvalue weighted by Gasteiger charge is -2.27. The summed E-state index contributed by atoms with van der Waals surface area (Å²) in [6, 6.07) is 6.61. The molecule has 1 unspecified atom stereocenters. The Bertz CT molecular complexity index is 692. The monoisotopic (exact) mass is 414 g/mol. The average molecular weight is 415 g/mol. The number of nitrogens with one attached hydrogen (secondary N) is 1. The van der Waals surface area contributed by atoms with Gasteiger partial charge in [0.05, 0.1) is 12.9 Å². The third kappa shape index (κ3) is 6.69. The number of thioether (sulfide) groups is 1. The molecule has 1 heterocycles. The molecule has 152 valence electrons. The number of sulfonamides is 1. The van der Waals surface area contributed by atoms with E-state index >= 15 is 0 Å². The van der Waals surface area contributed by atoms with Gasteiger partial charge in [-0.15, -0.1) is 0 Å². The molecular weight excluding hydrogens is 384 g/mol. The van der Waals surface area contributed by atoms with Crippen molar-refractivity contribution >= 4 is 27.7 Å². The molecule has 1 atom stereocenters. The normalized spacial score (nSPS) is 20.0. The molecule has 27 heavy (non-hydrogen) atoms. The first-order valence-corrected chi connectivity index (χ1v) is 12.2. The molecule has 8 heteroatoms. The molecule has 1 aliphatic rings. The van der Waals surface area contributed by atoms with Crippen LogP contribution < -0.4 is 10.1 Å². The highest BCUT2D eigenvalue weighted by atomic mass is 32.2. The number of hydrogen-bond acceptors (Lipinski definition) is 5. The number of ether oxygens (including phenoxy) is 1. The molecule has 0 spiro atoms. The number of hydrogen-bond donors (Lipinski definition) is 1. The fraction of sp³-hybridized carbons (Fsp3) is 0.632. The smallest absolute Gasteiger partial charge is 0.239 e. The van der Waals surface area contributed by atoms with E-state index in [1.807, 2.05) is 12.1 Å². The van der Waals surface area contributed by atoms with Crippen LogP contribution in [-0.2, 0) is 21.4 Å². The third-order valence-electron chi connectivity index (χ3n) is 4.60. The van der Waals surface area contributed by atoms with Crippen LogP contribution in [0, 0.1) is 0 Å². The lowest BCUT2D eigenvalue weighted by molar-refractivity contribution is -0.124. The molecule has 1 fully saturated rings. The van der Waals surface area contributed by atoms with E-state index in [0.29, 0.717) is 18.1 Å². The van der Waals surface area contributed by atoms with Gasteiger partial charge in [-0.05, 0) is 24.1 Å². The second-order valence-corrected chi connectivity index (χ2v) is 9.84. The van der Waals surface area contributed by atoms with Crippen molar-refractivity contribution in [1.82, 2.24) is 9.62 Å². The van der Waals surface area contributed by atoms with Crippen molar-refractivity contribution < 1.29 is 17.9 Å². The summed E-state index contributed by atoms with van der Waals surface area (Å²) in [4.78, 5) is 12.7. The summed E-state index contributed by atoms with van der Waals surface area (Å²) in [5, 5.41) is 2.93. The summed E-state index contributed by atoms with van der Waals surface area (Å²) in [5.74, 6) is 1.58. The molecule has 1 aliphatic heterocycles. The van der Waals surface area contributed by atoms with E-state index in [4.69, 9.17) is 4.74 Å². The maximum absolute atomic E-state index is 12.8. The van der Waals surface area contributed by atoms with Crippen LogP contribution in [0.1, 0.15) is 38.2 Å². The number of carbonyl (C=O) groups is 1. The van der Waals surface area contributed by atoms with Gasteiger partial charge in [-0.25, -0.2) is 8.42 Å². The third-order valence-corrected chi connectivity index (χ3v) is 7.72. The Kier molecular flexibility index (Phi) is 8.92. The Morgan fingerprint density at radius 3 is 2.67 bits per heavy atom. The summed E-state index contributed by atoms with van der Waals surface area (Å²) in [6.45, 7) is 2.93. The zero-order valence-electron chi connectivity index (χ0n) is 16.1. The molecular formula is C19H30N2O4S2. The van der Waals surface area contributed by atoms with Crippen molar-refractivity contribution in [2.24, 2.45) is 0 Å². The molecule has 1 aromatic carbocycles. The first-order valence-electron chi connectivity index (χ1n) is 9.46. The Morgan fingerprint density at radius 1 is 1.26 bits per heavy atom. The minimum absolute atomic E-state index is 0.0636. The number of rotatable bonds is 9. The quantitative estimate of drug-likeness (QED) is 0.629. The lowest BCUT2D eigenvalue weighted by atomic mass is 10.2. The fourth-order valence-electron chi connectivity index (χ4n) is 2.96. The zero-order chi connectivity index (χ0) is 19.7. The number of methoxy groups -OCH3 is 1. The van der Waals surface area contributed by atoms with Crippen LogP contribution in [0.15, 0.2) is 24.3 Å². The highest BCUT2D eigenvalue weighted by molar-refractivity contribution is 8.00. The second-order valence-electron chi connectivity index (χ2n) is 6.65. The number of nitrogens with zero attached hydrogens (tertiary/aromatic N) is 1. The number of amides is 1. The van der Waals surface area contributed by atoms with Crippen LogP contribution in [0.5, 0.6) is 5.75 Å². The van der Waals surface area contributed by atoms with E-state index in [2.05, 4.69) is 12.2 Å². The first kappa shape index (κ1) is 22.0. The van der Waals surface area contributed by atoms with Gasteiger partial charge >= 0.3 is 0 Å². The molecule has 1 amide bonds. The number of benzene rings is 1. The zero-order valence-corrected chi connectivity index (χ0v) is 17.8. The Balaban J connectivity index is 2.09. The van der Waals surface area contributed by atoms with Crippen LogP contribution >= 0.6 is 11.8 Å². The molecule has 0 radical (unpaired) electrons. The van der Waals surface area contributed by atoms with Crippen LogP contribution in [0.25, 0.3) is 0 Å². The van der Waals surface area contributed by atoms with Gasteiger partial charge in [-0.3, -0.25) is 4.79 Å². The van der Waals surface area contributed by atoms with E-state index in [1.54, 1.807) is 19.2 Å². The van der Waals surface area contributed by atoms with Crippen LogP contribution in [0.4, 0.5) is 0 Å². The predicted octanol–water partition coefficient (Wildman–Crippen LogP) is 2.64. The first-order chi connectivity index (χ1) is 13.0. The lowest BCUT2D eigenvalue weighted by Crippen LogP contribution is -2.50. The maximum Gasteiger partial charge on any atom is 0.239 e. The van der Waals surface area contributed by atoms with Gasteiger partial charge in [0.2, 0.25) is 15.9 Å². The Hall–Kier alpha value is -1.25. The van der Waals surface area contributed by atoms with Crippen LogP contribution in [0.2, 0.25) is 0 Å². The molecule has 1 saturated heterocycles. The standard InChI is InChI=1S/C19H30N2O4S2/c1-3-4-5-6-11-20-19(22)18-15-26-12-13-27(23,24)21(18)14-16-7-9-17(25-2)10-8-16/h7-10,18H,3-6,11-15H2,1-2H3,(H,20,22). The topological polar surface area (TPSA) is 75.7 Å². The molecule has 0 aliphatic carbocycles. The molecule has 1 aromatic rings. The minimum atomic E-state index is -3.49. The molecule has 1 N–H and O–H groups in total. The van der Waals surface area contributed by atoms with E-state index < -0.39 is 16.1 Å². The van der Waals surface area contributed by atoms with Crippen LogP contribution in [-0.4, -0.2) is 55.6 Å². The highest BCUT2D eigenvalue weighted by Crippen LogP contribution is 2.23. The molecule has 0 bridgehead atoms. The fourth-order valence-corrected chi connectivity index (χ4v) is 6.23. The number of carbonyl (C=O) groups excluding carboxylic acids is 1. The second kappa shape index (κ2) is 10.9. The summed E-state index contributed by atoms with van der Waals surface area (Å²) in [5.41, 5.74) is 0.840. The SMILES string of the molecule is CCCCCCNC(=O)C1CSCCS(=O)(=O)N1Cc1ccc(OC)cc1. The summed E-state index contributed by atoms with van der Waals surface area (Å²) in [7, 11) is -1.90. The van der Waals surface area contributed by atoms with Gasteiger partial charge in [0.1, 0.15) is 11.8 Å². The summed E-state index contributed by atoms with van der Waals surface area (Å²) in [6.07, 6.45) is 4.28. The van der Waals surface area contributed by atoms with E-state index in [-0.39, 0.29) is 18.2 Å². The molecule has 0 aromatic heterocycles. The van der Waals surface area contributed by atoms with Crippen molar-refractivity contribution in [3.8, 4) is 5.75 Å². The van der Waals surface area contributed by atoms with Gasteiger partial charge in [0, 0.05) is 24.6 Å². The minimum Gasteiger partial charge on any atom is -0.497 e. The van der Waals surface area contributed by atoms with Gasteiger partial charge in [0.15, 0.2) is 0 Å². The van der Waals surface area contributed by atoms with E-state index in [0.717, 1.165) is 37.0 Å². The Labute approximate surface area is 167 Å². The van der Waals surface area contributed by atoms with Gasteiger partial charge in [-0.1, -0.05) is 38.3 Å². The van der Waals surface area contributed by atoms with Gasteiger partial charge in [0.25, 0.3) is 0 Å². The number of unbranched alkanes of at least 4 members (excludes halogenated alkanes) is 3.